The van der Waals surface area contributed by atoms with Crippen molar-refractivity contribution >= 4 is 50.7 Å². The zero-order valence-electron chi connectivity index (χ0n) is 21.7. The number of methoxy groups -OCH3 is 1. The molecule has 37 heavy (non-hydrogen) atoms. The van der Waals surface area contributed by atoms with Crippen LogP contribution in [0.3, 0.4) is 0 Å². The Bertz CT molecular complexity index is 1160. The third-order valence-corrected chi connectivity index (χ3v) is 7.51. The Labute approximate surface area is 229 Å². The minimum absolute atomic E-state index is 0.0276. The van der Waals surface area contributed by atoms with Crippen LogP contribution in [0.2, 0.25) is 10.0 Å². The maximum atomic E-state index is 13.4. The minimum atomic E-state index is -3.69. The Hall–Kier alpha value is -2.49. The molecule has 0 aliphatic rings. The first-order valence-electron chi connectivity index (χ1n) is 12.1. The summed E-state index contributed by atoms with van der Waals surface area (Å²) in [6.45, 7) is 4.60. The van der Waals surface area contributed by atoms with Gasteiger partial charge in [-0.15, -0.1) is 0 Å². The number of hydrogen-bond donors (Lipinski definition) is 1. The summed E-state index contributed by atoms with van der Waals surface area (Å²) >= 11 is 12.3. The smallest absolute Gasteiger partial charge is 0.242 e. The molecule has 0 aromatic heterocycles. The highest BCUT2D eigenvalue weighted by Crippen LogP contribution is 2.31. The van der Waals surface area contributed by atoms with Gasteiger partial charge in [0, 0.05) is 31.1 Å². The predicted octanol–water partition coefficient (Wildman–Crippen LogP) is 4.88. The van der Waals surface area contributed by atoms with Gasteiger partial charge in [-0.05, 0) is 55.2 Å². The van der Waals surface area contributed by atoms with Crippen LogP contribution in [-0.2, 0) is 26.2 Å². The molecule has 0 fully saturated rings. The lowest BCUT2D eigenvalue weighted by atomic mass is 10.1. The predicted molar refractivity (Wildman–Crippen MR) is 149 cm³/mol. The van der Waals surface area contributed by atoms with E-state index in [1.807, 2.05) is 26.0 Å². The topological polar surface area (TPSA) is 96.0 Å². The summed E-state index contributed by atoms with van der Waals surface area (Å²) in [5.74, 6) is 0.226. The van der Waals surface area contributed by atoms with Crippen molar-refractivity contribution in [1.82, 2.24) is 10.2 Å². The molecule has 0 saturated carbocycles. The highest BCUT2D eigenvalue weighted by molar-refractivity contribution is 7.92. The molecule has 0 unspecified atom stereocenters. The second-order valence-electron chi connectivity index (χ2n) is 8.62. The quantitative estimate of drug-likeness (QED) is 0.348. The summed E-state index contributed by atoms with van der Waals surface area (Å²) < 4.78 is 31.4. The van der Waals surface area contributed by atoms with E-state index in [1.54, 1.807) is 30.2 Å². The van der Waals surface area contributed by atoms with Crippen molar-refractivity contribution in [3.8, 4) is 5.75 Å². The SMILES string of the molecule is CCCNC(=O)[C@@H](CC)N(Cc1ccc(OC)cc1)C(=O)CCCN(c1cc(Cl)ccc1Cl)S(C)(=O)=O. The normalized spacial score (nSPS) is 12.1. The number of nitrogens with zero attached hydrogens (tertiary/aromatic N) is 2. The average Bonchev–Trinajstić information content (AvgIpc) is 2.86. The van der Waals surface area contributed by atoms with E-state index in [0.29, 0.717) is 23.7 Å². The molecule has 0 aliphatic carbocycles. The number of carbonyl (C=O) groups excluding carboxylic acids is 2. The molecule has 0 heterocycles. The number of rotatable bonds is 14. The second-order valence-corrected chi connectivity index (χ2v) is 11.4. The van der Waals surface area contributed by atoms with E-state index in [9.17, 15) is 18.0 Å². The van der Waals surface area contributed by atoms with Crippen molar-refractivity contribution in [1.29, 1.82) is 0 Å². The summed E-state index contributed by atoms with van der Waals surface area (Å²) in [6.07, 6.45) is 2.55. The molecular formula is C26H35Cl2N3O5S. The first-order valence-corrected chi connectivity index (χ1v) is 14.7. The van der Waals surface area contributed by atoms with Gasteiger partial charge in [0.25, 0.3) is 0 Å². The maximum Gasteiger partial charge on any atom is 0.242 e. The first kappa shape index (κ1) is 30.7. The Morgan fingerprint density at radius 2 is 1.76 bits per heavy atom. The summed E-state index contributed by atoms with van der Waals surface area (Å²) in [4.78, 5) is 27.9. The first-order chi connectivity index (χ1) is 17.5. The monoisotopic (exact) mass is 571 g/mol. The van der Waals surface area contributed by atoms with Crippen molar-refractivity contribution < 1.29 is 22.7 Å². The van der Waals surface area contributed by atoms with Gasteiger partial charge in [-0.1, -0.05) is 49.2 Å². The number of carbonyl (C=O) groups is 2. The number of nitrogens with one attached hydrogen (secondary N) is 1. The number of hydrogen-bond acceptors (Lipinski definition) is 5. The van der Waals surface area contributed by atoms with Crippen molar-refractivity contribution in [2.45, 2.75) is 52.1 Å². The molecule has 204 valence electrons. The Morgan fingerprint density at radius 1 is 1.08 bits per heavy atom. The summed E-state index contributed by atoms with van der Waals surface area (Å²) in [5, 5.41) is 3.47. The maximum absolute atomic E-state index is 13.4. The van der Waals surface area contributed by atoms with Gasteiger partial charge in [-0.2, -0.15) is 0 Å². The van der Waals surface area contributed by atoms with Crippen LogP contribution in [0.1, 0.15) is 45.1 Å². The van der Waals surface area contributed by atoms with Gasteiger partial charge in [-0.25, -0.2) is 8.42 Å². The molecule has 0 bridgehead atoms. The van der Waals surface area contributed by atoms with E-state index >= 15 is 0 Å². The minimum Gasteiger partial charge on any atom is -0.497 e. The Morgan fingerprint density at radius 3 is 2.32 bits per heavy atom. The zero-order valence-corrected chi connectivity index (χ0v) is 24.0. The van der Waals surface area contributed by atoms with Gasteiger partial charge in [0.1, 0.15) is 11.8 Å². The molecule has 0 saturated heterocycles. The second kappa shape index (κ2) is 14.4. The van der Waals surface area contributed by atoms with Gasteiger partial charge < -0.3 is 15.0 Å². The number of halogens is 2. The Balaban J connectivity index is 2.24. The van der Waals surface area contributed by atoms with Gasteiger partial charge in [0.2, 0.25) is 21.8 Å². The highest BCUT2D eigenvalue weighted by atomic mass is 35.5. The van der Waals surface area contributed by atoms with Crippen molar-refractivity contribution in [2.75, 3.05) is 30.8 Å². The van der Waals surface area contributed by atoms with Crippen LogP contribution in [0.25, 0.3) is 0 Å². The van der Waals surface area contributed by atoms with E-state index in [4.69, 9.17) is 27.9 Å². The lowest BCUT2D eigenvalue weighted by Gasteiger charge is -2.31. The number of amides is 2. The molecule has 2 aromatic carbocycles. The third kappa shape index (κ3) is 9.09. The standard InChI is InChI=1S/C26H35Cl2N3O5S/c1-5-15-29-26(33)23(6-2)30(18-19-9-12-21(36-3)13-10-19)25(32)8-7-16-31(37(4,34)35)24-17-20(27)11-14-22(24)28/h9-14,17,23H,5-8,15-16,18H2,1-4H3,(H,29,33)/t23-/m1/s1. The van der Waals surface area contributed by atoms with E-state index in [1.165, 1.54) is 12.1 Å². The van der Waals surface area contributed by atoms with Gasteiger partial charge in [0.05, 0.1) is 24.1 Å². The van der Waals surface area contributed by atoms with Crippen LogP contribution in [0.5, 0.6) is 5.75 Å². The van der Waals surface area contributed by atoms with Gasteiger partial charge in [0.15, 0.2) is 0 Å². The van der Waals surface area contributed by atoms with Crippen molar-refractivity contribution in [3.63, 3.8) is 0 Å². The fourth-order valence-corrected chi connectivity index (χ4v) is 5.28. The van der Waals surface area contributed by atoms with Crippen molar-refractivity contribution in [2.24, 2.45) is 0 Å². The van der Waals surface area contributed by atoms with Crippen LogP contribution < -0.4 is 14.4 Å². The van der Waals surface area contributed by atoms with E-state index in [-0.39, 0.29) is 48.5 Å². The van der Waals surface area contributed by atoms with E-state index < -0.39 is 16.1 Å². The average molecular weight is 573 g/mol. The van der Waals surface area contributed by atoms with E-state index in [0.717, 1.165) is 22.5 Å². The van der Waals surface area contributed by atoms with Crippen LogP contribution in [0, 0.1) is 0 Å². The molecule has 0 spiro atoms. The van der Waals surface area contributed by atoms with Crippen LogP contribution >= 0.6 is 23.2 Å². The lowest BCUT2D eigenvalue weighted by Crippen LogP contribution is -2.49. The molecule has 1 N–H and O–H groups in total. The summed E-state index contributed by atoms with van der Waals surface area (Å²) in [7, 11) is -2.11. The van der Waals surface area contributed by atoms with E-state index in [2.05, 4.69) is 5.32 Å². The van der Waals surface area contributed by atoms with Crippen LogP contribution in [-0.4, -0.2) is 57.6 Å². The molecule has 8 nitrogen and oxygen atoms in total. The molecule has 2 rings (SSSR count). The fraction of sp³-hybridized carbons (Fsp3) is 0.462. The molecule has 0 aliphatic heterocycles. The third-order valence-electron chi connectivity index (χ3n) is 5.78. The lowest BCUT2D eigenvalue weighted by molar-refractivity contribution is -0.141. The summed E-state index contributed by atoms with van der Waals surface area (Å²) in [6, 6.07) is 11.2. The highest BCUT2D eigenvalue weighted by Gasteiger charge is 2.29. The molecule has 11 heteroatoms. The summed E-state index contributed by atoms with van der Waals surface area (Å²) in [5.41, 5.74) is 1.10. The van der Waals surface area contributed by atoms with Crippen LogP contribution in [0.4, 0.5) is 5.69 Å². The number of ether oxygens (including phenoxy) is 1. The Kier molecular flexibility index (Phi) is 12.0. The van der Waals surface area contributed by atoms with Gasteiger partial charge >= 0.3 is 0 Å². The molecule has 1 atom stereocenters. The number of benzene rings is 2. The number of anilines is 1. The fourth-order valence-electron chi connectivity index (χ4n) is 3.87. The van der Waals surface area contributed by atoms with Crippen LogP contribution in [0.15, 0.2) is 42.5 Å². The van der Waals surface area contributed by atoms with Crippen molar-refractivity contribution in [3.05, 3.63) is 58.1 Å². The molecule has 0 radical (unpaired) electrons. The molecule has 2 amide bonds. The molecule has 2 aromatic rings. The van der Waals surface area contributed by atoms with Gasteiger partial charge in [-0.3, -0.25) is 13.9 Å². The molecular weight excluding hydrogens is 537 g/mol. The number of sulfonamides is 1. The largest absolute Gasteiger partial charge is 0.497 e. The zero-order chi connectivity index (χ0) is 27.6.